The lowest BCUT2D eigenvalue weighted by Crippen LogP contribution is -2.30. The van der Waals surface area contributed by atoms with E-state index in [4.69, 9.17) is 14.2 Å². The molecule has 0 heterocycles. The molecule has 6 nitrogen and oxygen atoms in total. The molecule has 0 saturated heterocycles. The summed E-state index contributed by atoms with van der Waals surface area (Å²) in [6, 6.07) is 0. The summed E-state index contributed by atoms with van der Waals surface area (Å²) in [5.41, 5.74) is 0. The van der Waals surface area contributed by atoms with Gasteiger partial charge in [-0.1, -0.05) is 194 Å². The molecule has 0 aromatic carbocycles. The highest BCUT2D eigenvalue weighted by molar-refractivity contribution is 5.72. The fraction of sp³-hybridized carbons (Fsp3) is 0.625. The molecule has 0 radical (unpaired) electrons. The fourth-order valence-electron chi connectivity index (χ4n) is 6.29. The minimum atomic E-state index is -0.845. The van der Waals surface area contributed by atoms with Gasteiger partial charge in [0.25, 0.3) is 0 Å². The zero-order valence-electron chi connectivity index (χ0n) is 39.8. The number of carbonyl (C=O) groups is 3. The average molecular weight is 859 g/mol. The van der Waals surface area contributed by atoms with Crippen LogP contribution in [0.15, 0.2) is 109 Å². The third-order valence-corrected chi connectivity index (χ3v) is 9.99. The zero-order chi connectivity index (χ0) is 45.1. The van der Waals surface area contributed by atoms with Gasteiger partial charge in [0.1, 0.15) is 13.2 Å². The molecule has 0 amide bonds. The van der Waals surface area contributed by atoms with E-state index in [0.717, 1.165) is 122 Å². The molecule has 350 valence electrons. The molecule has 0 saturated carbocycles. The van der Waals surface area contributed by atoms with E-state index in [0.29, 0.717) is 19.3 Å². The second-order valence-electron chi connectivity index (χ2n) is 16.0. The van der Waals surface area contributed by atoms with Crippen LogP contribution in [0.3, 0.4) is 0 Å². The molecule has 0 aromatic heterocycles. The van der Waals surface area contributed by atoms with Crippen LogP contribution < -0.4 is 0 Å². The highest BCUT2D eigenvalue weighted by Crippen LogP contribution is 2.12. The molecule has 62 heavy (non-hydrogen) atoms. The van der Waals surface area contributed by atoms with Gasteiger partial charge in [-0.2, -0.15) is 0 Å². The normalized spacial score (nSPS) is 13.0. The lowest BCUT2D eigenvalue weighted by atomic mass is 10.1. The number of rotatable bonds is 43. The molecule has 0 aliphatic rings. The predicted octanol–water partition coefficient (Wildman–Crippen LogP) is 16.4. The van der Waals surface area contributed by atoms with E-state index >= 15 is 0 Å². The lowest BCUT2D eigenvalue weighted by Gasteiger charge is -2.18. The van der Waals surface area contributed by atoms with Crippen LogP contribution in [0.2, 0.25) is 0 Å². The van der Waals surface area contributed by atoms with E-state index in [1.165, 1.54) is 38.5 Å². The van der Waals surface area contributed by atoms with Gasteiger partial charge in [-0.3, -0.25) is 14.4 Å². The molecule has 0 fully saturated rings. The second kappa shape index (κ2) is 49.7. The van der Waals surface area contributed by atoms with E-state index in [2.05, 4.69) is 118 Å². The first kappa shape index (κ1) is 58.1. The summed E-state index contributed by atoms with van der Waals surface area (Å²) < 4.78 is 16.6. The first-order chi connectivity index (χ1) is 30.5. The molecule has 0 aliphatic heterocycles. The molecule has 1 atom stereocenters. The van der Waals surface area contributed by atoms with Gasteiger partial charge < -0.3 is 14.2 Å². The third-order valence-electron chi connectivity index (χ3n) is 9.99. The summed E-state index contributed by atoms with van der Waals surface area (Å²) in [6.07, 6.45) is 66.6. The molecule has 1 unspecified atom stereocenters. The molecule has 6 heteroatoms. The van der Waals surface area contributed by atoms with Crippen molar-refractivity contribution in [1.29, 1.82) is 0 Å². The van der Waals surface area contributed by atoms with Crippen molar-refractivity contribution in [3.63, 3.8) is 0 Å². The molecule has 0 aromatic rings. The van der Waals surface area contributed by atoms with Crippen LogP contribution in [0.25, 0.3) is 0 Å². The molecular weight excluding hydrogens is 769 g/mol. The largest absolute Gasteiger partial charge is 0.462 e. The average Bonchev–Trinajstić information content (AvgIpc) is 3.27. The van der Waals surface area contributed by atoms with E-state index < -0.39 is 12.1 Å². The Morgan fingerprint density at radius 3 is 1.13 bits per heavy atom. The maximum absolute atomic E-state index is 12.7. The van der Waals surface area contributed by atoms with Crippen molar-refractivity contribution in [1.82, 2.24) is 0 Å². The Balaban J connectivity index is 4.57. The minimum absolute atomic E-state index is 0.0870. The number of allylic oxidation sites excluding steroid dienone is 17. The smallest absolute Gasteiger partial charge is 0.310 e. The standard InChI is InChI=1S/C56H90O6/c1-4-7-10-13-16-19-22-25-27-29-31-34-37-40-43-46-49-55(58)61-52-53(51-60-54(57)48-45-42-39-36-33-30-24-21-18-15-12-9-6-3)62-56(59)50-47-44-41-38-35-32-28-26-23-20-17-14-11-8-5-2/h8,11-12,15,17,19-22,24,26-29,35,38,44,47,53H,4-7,9-10,13-14,16,18,23,25,30-34,36-37,39-43,45-46,48-52H2,1-3H3/b11-8-,15-12-,20-17-,22-19-,24-21-,28-26-,29-27-,38-35-,47-44-. The number of ether oxygens (including phenoxy) is 3. The van der Waals surface area contributed by atoms with Crippen LogP contribution in [-0.2, 0) is 28.6 Å². The van der Waals surface area contributed by atoms with Gasteiger partial charge in [0, 0.05) is 12.8 Å². The van der Waals surface area contributed by atoms with Crippen LogP contribution >= 0.6 is 0 Å². The van der Waals surface area contributed by atoms with Crippen LogP contribution in [0.1, 0.15) is 207 Å². The van der Waals surface area contributed by atoms with Crippen LogP contribution in [0, 0.1) is 0 Å². The number of hydrogen-bond acceptors (Lipinski definition) is 6. The van der Waals surface area contributed by atoms with E-state index in [9.17, 15) is 14.4 Å². The summed E-state index contributed by atoms with van der Waals surface area (Å²) >= 11 is 0. The molecule has 0 spiro atoms. The third kappa shape index (κ3) is 47.1. The van der Waals surface area contributed by atoms with Gasteiger partial charge >= 0.3 is 17.9 Å². The first-order valence-corrected chi connectivity index (χ1v) is 24.9. The fourth-order valence-corrected chi connectivity index (χ4v) is 6.29. The number of unbranched alkanes of at least 4 members (excludes halogenated alkanes) is 15. The van der Waals surface area contributed by atoms with Crippen molar-refractivity contribution in [3.05, 3.63) is 109 Å². The first-order valence-electron chi connectivity index (χ1n) is 24.9. The van der Waals surface area contributed by atoms with E-state index in [-0.39, 0.29) is 31.6 Å². The molecule has 0 rings (SSSR count). The highest BCUT2D eigenvalue weighted by atomic mass is 16.6. The summed E-state index contributed by atoms with van der Waals surface area (Å²) in [7, 11) is 0. The highest BCUT2D eigenvalue weighted by Gasteiger charge is 2.19. The lowest BCUT2D eigenvalue weighted by molar-refractivity contribution is -0.166. The Hall–Kier alpha value is -3.93. The summed E-state index contributed by atoms with van der Waals surface area (Å²) in [5.74, 6) is -1.10. The SMILES string of the molecule is CC/C=C\C/C=C\C/C=C\C/C=C\C/C=C\CC(=O)OC(COC(=O)CCCCCCC/C=C\C/C=C\CCC)COC(=O)CCCCCCC/C=C\C/C=C\CCCCCC. The van der Waals surface area contributed by atoms with Gasteiger partial charge in [-0.25, -0.2) is 0 Å². The summed E-state index contributed by atoms with van der Waals surface area (Å²) in [6.45, 7) is 6.31. The van der Waals surface area contributed by atoms with E-state index in [1.807, 2.05) is 6.08 Å². The molecule has 0 aliphatic carbocycles. The quantitative estimate of drug-likeness (QED) is 0.0263. The maximum atomic E-state index is 12.7. The topological polar surface area (TPSA) is 78.9 Å². The van der Waals surface area contributed by atoms with Crippen molar-refractivity contribution in [2.24, 2.45) is 0 Å². The van der Waals surface area contributed by atoms with Gasteiger partial charge in [0.05, 0.1) is 6.42 Å². The Labute approximate surface area is 380 Å². The summed E-state index contributed by atoms with van der Waals surface area (Å²) in [5, 5.41) is 0. The summed E-state index contributed by atoms with van der Waals surface area (Å²) in [4.78, 5) is 37.9. The van der Waals surface area contributed by atoms with Gasteiger partial charge in [0.2, 0.25) is 0 Å². The zero-order valence-corrected chi connectivity index (χ0v) is 39.8. The van der Waals surface area contributed by atoms with Crippen LogP contribution in [-0.4, -0.2) is 37.2 Å². The van der Waals surface area contributed by atoms with Crippen molar-refractivity contribution >= 4 is 17.9 Å². The Kier molecular flexibility index (Phi) is 46.6. The van der Waals surface area contributed by atoms with Crippen molar-refractivity contribution in [3.8, 4) is 0 Å². The maximum Gasteiger partial charge on any atom is 0.310 e. The second-order valence-corrected chi connectivity index (χ2v) is 16.0. The monoisotopic (exact) mass is 859 g/mol. The minimum Gasteiger partial charge on any atom is -0.462 e. The molecule has 0 N–H and O–H groups in total. The number of hydrogen-bond donors (Lipinski definition) is 0. The Bertz CT molecular complexity index is 1310. The van der Waals surface area contributed by atoms with Gasteiger partial charge in [-0.05, 0) is 103 Å². The van der Waals surface area contributed by atoms with Crippen molar-refractivity contribution in [2.45, 2.75) is 213 Å². The van der Waals surface area contributed by atoms with Gasteiger partial charge in [0.15, 0.2) is 6.10 Å². The Morgan fingerprint density at radius 1 is 0.355 bits per heavy atom. The van der Waals surface area contributed by atoms with Crippen molar-refractivity contribution in [2.75, 3.05) is 13.2 Å². The van der Waals surface area contributed by atoms with Crippen LogP contribution in [0.4, 0.5) is 0 Å². The van der Waals surface area contributed by atoms with Gasteiger partial charge in [-0.15, -0.1) is 0 Å². The predicted molar refractivity (Wildman–Crippen MR) is 265 cm³/mol. The van der Waals surface area contributed by atoms with Crippen LogP contribution in [0.5, 0.6) is 0 Å². The molecule has 0 bridgehead atoms. The van der Waals surface area contributed by atoms with Crippen molar-refractivity contribution < 1.29 is 28.6 Å². The number of esters is 3. The number of carbonyl (C=O) groups excluding carboxylic acids is 3. The molecular formula is C56H90O6. The Morgan fingerprint density at radius 2 is 0.710 bits per heavy atom. The van der Waals surface area contributed by atoms with E-state index in [1.54, 1.807) is 6.08 Å².